The van der Waals surface area contributed by atoms with E-state index in [1.165, 1.54) is 4.90 Å². The third kappa shape index (κ3) is 6.50. The summed E-state index contributed by atoms with van der Waals surface area (Å²) in [6.07, 6.45) is -1.28. The molecule has 0 radical (unpaired) electrons. The van der Waals surface area contributed by atoms with Gasteiger partial charge in [0.05, 0.1) is 0 Å². The van der Waals surface area contributed by atoms with Gasteiger partial charge in [-0.3, -0.25) is 4.79 Å². The molecule has 10 nitrogen and oxygen atoms in total. The number of amides is 3. The van der Waals surface area contributed by atoms with Crippen LogP contribution in [0.1, 0.15) is 57.1 Å². The molecule has 1 heterocycles. The molecule has 1 fully saturated rings. The molecule has 10 heteroatoms. The minimum absolute atomic E-state index is 0.0394. The number of ether oxygens (including phenoxy) is 2. The number of rotatable bonds is 7. The Morgan fingerprint density at radius 2 is 1.51 bits per heavy atom. The van der Waals surface area contributed by atoms with Gasteiger partial charge in [0.25, 0.3) is 0 Å². The average Bonchev–Trinajstić information content (AvgIpc) is 3.20. The summed E-state index contributed by atoms with van der Waals surface area (Å²) < 4.78 is 10.7. The zero-order chi connectivity index (χ0) is 28.2. The first-order valence-corrected chi connectivity index (χ1v) is 13.1. The van der Waals surface area contributed by atoms with Gasteiger partial charge in [-0.15, -0.1) is 0 Å². The predicted octanol–water partition coefficient (Wildman–Crippen LogP) is 3.89. The first kappa shape index (κ1) is 27.9. The maximum atomic E-state index is 12.8. The fraction of sp³-hybridized carbons (Fsp3) is 0.448. The van der Waals surface area contributed by atoms with Gasteiger partial charge in [-0.1, -0.05) is 48.5 Å². The van der Waals surface area contributed by atoms with Gasteiger partial charge in [-0.2, -0.15) is 0 Å². The minimum Gasteiger partial charge on any atom is -0.480 e. The number of piperidine rings is 1. The summed E-state index contributed by atoms with van der Waals surface area (Å²) in [6, 6.07) is 15.9. The molecule has 2 aromatic carbocycles. The van der Waals surface area contributed by atoms with Gasteiger partial charge in [0.15, 0.2) is 0 Å². The van der Waals surface area contributed by atoms with Gasteiger partial charge in [0.2, 0.25) is 5.91 Å². The topological polar surface area (TPSA) is 134 Å². The van der Waals surface area contributed by atoms with Gasteiger partial charge < -0.3 is 30.1 Å². The summed E-state index contributed by atoms with van der Waals surface area (Å²) in [5, 5.41) is 15.1. The molecule has 1 aliphatic heterocycles. The van der Waals surface area contributed by atoms with Crippen molar-refractivity contribution in [2.24, 2.45) is 0 Å². The lowest BCUT2D eigenvalue weighted by atomic mass is 9.87. The maximum absolute atomic E-state index is 12.8. The SMILES string of the molecule is CC(C)(C)OC(=O)NCCC(=O)N1CCC(NC(=O)OCC2c3ccccc3-c3ccccc32)(C(=O)O)CC1. The van der Waals surface area contributed by atoms with Crippen molar-refractivity contribution < 1.29 is 33.8 Å². The van der Waals surface area contributed by atoms with Crippen LogP contribution in [0.2, 0.25) is 0 Å². The molecule has 4 rings (SSSR count). The number of carboxylic acid groups (broad SMARTS) is 1. The number of hydrogen-bond acceptors (Lipinski definition) is 6. The first-order chi connectivity index (χ1) is 18.5. The van der Waals surface area contributed by atoms with Crippen molar-refractivity contribution in [2.45, 2.75) is 57.1 Å². The second-order valence-corrected chi connectivity index (χ2v) is 10.9. The van der Waals surface area contributed by atoms with Crippen LogP contribution in [-0.4, -0.2) is 71.5 Å². The van der Waals surface area contributed by atoms with Crippen LogP contribution in [0.25, 0.3) is 11.1 Å². The van der Waals surface area contributed by atoms with Crippen molar-refractivity contribution in [3.05, 3.63) is 59.7 Å². The van der Waals surface area contributed by atoms with E-state index < -0.39 is 29.3 Å². The van der Waals surface area contributed by atoms with Crippen molar-refractivity contribution in [1.29, 1.82) is 0 Å². The standard InChI is InChI=1S/C29H35N3O7/c1-28(2,3)39-26(36)30-15-12-24(33)32-16-13-29(14-17-32,25(34)35)31-27(37)38-18-23-21-10-6-4-8-19(21)20-9-5-7-11-22(20)23/h4-11,23H,12-18H2,1-3H3,(H,30,36)(H,31,37)(H,34,35). The molecular formula is C29H35N3O7. The molecule has 2 aromatic rings. The fourth-order valence-electron chi connectivity index (χ4n) is 5.10. The molecule has 2 aliphatic rings. The summed E-state index contributed by atoms with van der Waals surface area (Å²) >= 11 is 0. The number of aliphatic carboxylic acids is 1. The van der Waals surface area contributed by atoms with E-state index in [1.54, 1.807) is 20.8 Å². The van der Waals surface area contributed by atoms with Crippen LogP contribution >= 0.6 is 0 Å². The highest BCUT2D eigenvalue weighted by Crippen LogP contribution is 2.44. The summed E-state index contributed by atoms with van der Waals surface area (Å²) in [4.78, 5) is 50.9. The van der Waals surface area contributed by atoms with Crippen molar-refractivity contribution in [2.75, 3.05) is 26.2 Å². The van der Waals surface area contributed by atoms with Crippen LogP contribution in [-0.2, 0) is 19.1 Å². The van der Waals surface area contributed by atoms with Crippen LogP contribution in [0, 0.1) is 0 Å². The van der Waals surface area contributed by atoms with Crippen LogP contribution in [0.5, 0.6) is 0 Å². The normalized spacial score (nSPS) is 16.0. The van der Waals surface area contributed by atoms with Gasteiger partial charge in [0, 0.05) is 32.0 Å². The third-order valence-electron chi connectivity index (χ3n) is 7.07. The third-order valence-corrected chi connectivity index (χ3v) is 7.07. The van der Waals surface area contributed by atoms with E-state index in [-0.39, 0.29) is 57.3 Å². The van der Waals surface area contributed by atoms with Crippen LogP contribution in [0.3, 0.4) is 0 Å². The Morgan fingerprint density at radius 3 is 2.05 bits per heavy atom. The molecule has 208 valence electrons. The van der Waals surface area contributed by atoms with E-state index >= 15 is 0 Å². The molecule has 1 aliphatic carbocycles. The van der Waals surface area contributed by atoms with Crippen molar-refractivity contribution in [3.63, 3.8) is 0 Å². The van der Waals surface area contributed by atoms with Gasteiger partial charge in [0.1, 0.15) is 17.7 Å². The number of nitrogens with zero attached hydrogens (tertiary/aromatic N) is 1. The van der Waals surface area contributed by atoms with E-state index in [0.717, 1.165) is 22.3 Å². The highest BCUT2D eigenvalue weighted by Gasteiger charge is 2.44. The Bertz CT molecular complexity index is 1200. The largest absolute Gasteiger partial charge is 0.480 e. The molecule has 3 N–H and O–H groups in total. The first-order valence-electron chi connectivity index (χ1n) is 13.1. The quantitative estimate of drug-likeness (QED) is 0.488. The minimum atomic E-state index is -1.53. The summed E-state index contributed by atoms with van der Waals surface area (Å²) in [6.45, 7) is 5.73. The van der Waals surface area contributed by atoms with E-state index in [1.807, 2.05) is 48.5 Å². The summed E-state index contributed by atoms with van der Waals surface area (Å²) in [5.74, 6) is -1.53. The van der Waals surface area contributed by atoms with Crippen LogP contribution in [0.4, 0.5) is 9.59 Å². The molecule has 0 unspecified atom stereocenters. The number of likely N-dealkylation sites (tertiary alicyclic amines) is 1. The van der Waals surface area contributed by atoms with Gasteiger partial charge in [-0.05, 0) is 55.9 Å². The Labute approximate surface area is 227 Å². The van der Waals surface area contributed by atoms with Crippen molar-refractivity contribution >= 4 is 24.1 Å². The van der Waals surface area contributed by atoms with E-state index in [2.05, 4.69) is 10.6 Å². The molecule has 39 heavy (non-hydrogen) atoms. The zero-order valence-electron chi connectivity index (χ0n) is 22.5. The van der Waals surface area contributed by atoms with Gasteiger partial charge in [-0.25, -0.2) is 14.4 Å². The van der Waals surface area contributed by atoms with E-state index in [4.69, 9.17) is 9.47 Å². The summed E-state index contributed by atoms with van der Waals surface area (Å²) in [7, 11) is 0. The monoisotopic (exact) mass is 537 g/mol. The maximum Gasteiger partial charge on any atom is 0.408 e. The predicted molar refractivity (Wildman–Crippen MR) is 143 cm³/mol. The Balaban J connectivity index is 1.29. The number of nitrogens with one attached hydrogen (secondary N) is 2. The molecule has 3 amide bonds. The molecule has 0 spiro atoms. The molecule has 0 bridgehead atoms. The Morgan fingerprint density at radius 1 is 0.949 bits per heavy atom. The number of fused-ring (bicyclic) bond motifs is 3. The van der Waals surface area contributed by atoms with Gasteiger partial charge >= 0.3 is 18.2 Å². The average molecular weight is 538 g/mol. The molecule has 1 saturated heterocycles. The van der Waals surface area contributed by atoms with E-state index in [9.17, 15) is 24.3 Å². The number of carbonyl (C=O) groups is 4. The number of benzene rings is 2. The molecule has 0 atom stereocenters. The Kier molecular flexibility index (Phi) is 8.13. The highest BCUT2D eigenvalue weighted by atomic mass is 16.6. The lowest BCUT2D eigenvalue weighted by Crippen LogP contribution is -2.60. The highest BCUT2D eigenvalue weighted by molar-refractivity contribution is 5.85. The second-order valence-electron chi connectivity index (χ2n) is 10.9. The number of carboxylic acids is 1. The van der Waals surface area contributed by atoms with Crippen molar-refractivity contribution in [1.82, 2.24) is 15.5 Å². The molecule has 0 aromatic heterocycles. The molecular weight excluding hydrogens is 502 g/mol. The number of carbonyl (C=O) groups excluding carboxylic acids is 3. The zero-order valence-corrected chi connectivity index (χ0v) is 22.5. The lowest BCUT2D eigenvalue weighted by molar-refractivity contribution is -0.149. The second kappa shape index (κ2) is 11.3. The van der Waals surface area contributed by atoms with Crippen LogP contribution in [0.15, 0.2) is 48.5 Å². The Hall–Kier alpha value is -4.08. The fourth-order valence-corrected chi connectivity index (χ4v) is 5.10. The number of alkyl carbamates (subject to hydrolysis) is 2. The number of hydrogen-bond donors (Lipinski definition) is 3. The van der Waals surface area contributed by atoms with E-state index in [0.29, 0.717) is 0 Å². The van der Waals surface area contributed by atoms with Crippen molar-refractivity contribution in [3.8, 4) is 11.1 Å². The summed E-state index contributed by atoms with van der Waals surface area (Å²) in [5.41, 5.74) is 2.15. The van der Waals surface area contributed by atoms with Crippen LogP contribution < -0.4 is 10.6 Å². The smallest absolute Gasteiger partial charge is 0.408 e. The molecule has 0 saturated carbocycles. The lowest BCUT2D eigenvalue weighted by Gasteiger charge is -2.39.